The predicted octanol–water partition coefficient (Wildman–Crippen LogP) is 0.715. The van der Waals surface area contributed by atoms with E-state index in [1.165, 1.54) is 0 Å². The van der Waals surface area contributed by atoms with Gasteiger partial charge >= 0.3 is 0 Å². The monoisotopic (exact) mass is 239 g/mol. The van der Waals surface area contributed by atoms with Crippen molar-refractivity contribution < 1.29 is 17.9 Å². The Bertz CT molecular complexity index is 234. The Morgan fingerprint density at radius 1 is 1.13 bits per heavy atom. The van der Waals surface area contributed by atoms with Crippen LogP contribution in [-0.4, -0.2) is 40.2 Å². The highest BCUT2D eigenvalue weighted by atomic mass is 32.2. The van der Waals surface area contributed by atoms with E-state index in [0.717, 1.165) is 0 Å². The summed E-state index contributed by atoms with van der Waals surface area (Å²) in [7, 11) is -3.17. The largest absolute Gasteiger partial charge is 0.352 e. The average Bonchev–Trinajstić information content (AvgIpc) is 2.15. The van der Waals surface area contributed by atoms with Crippen LogP contribution < -0.4 is 4.72 Å². The van der Waals surface area contributed by atoms with Crippen LogP contribution in [0.1, 0.15) is 27.2 Å². The van der Waals surface area contributed by atoms with Crippen molar-refractivity contribution in [3.63, 3.8) is 0 Å². The van der Waals surface area contributed by atoms with Crippen molar-refractivity contribution in [3.05, 3.63) is 0 Å². The molecular weight excluding hydrogens is 218 g/mol. The summed E-state index contributed by atoms with van der Waals surface area (Å²) in [6, 6.07) is 0. The van der Waals surface area contributed by atoms with Gasteiger partial charge in [-0.15, -0.1) is 0 Å². The molecule has 92 valence electrons. The van der Waals surface area contributed by atoms with Crippen molar-refractivity contribution in [2.75, 3.05) is 25.5 Å². The lowest BCUT2D eigenvalue weighted by molar-refractivity contribution is -0.130. The molecule has 0 aromatic heterocycles. The summed E-state index contributed by atoms with van der Waals surface area (Å²) in [5, 5.41) is 0. The van der Waals surface area contributed by atoms with E-state index < -0.39 is 16.3 Å². The first-order valence-electron chi connectivity index (χ1n) is 5.26. The lowest BCUT2D eigenvalue weighted by Gasteiger charge is -2.17. The highest BCUT2D eigenvalue weighted by Gasteiger charge is 2.13. The maximum absolute atomic E-state index is 11.3. The van der Waals surface area contributed by atoms with E-state index in [4.69, 9.17) is 9.47 Å². The first kappa shape index (κ1) is 14.8. The molecule has 0 aromatic carbocycles. The molecule has 1 N–H and O–H groups in total. The number of ether oxygens (including phenoxy) is 2. The summed E-state index contributed by atoms with van der Waals surface area (Å²) >= 11 is 0. The summed E-state index contributed by atoms with van der Waals surface area (Å²) in [6.45, 7) is 6.67. The van der Waals surface area contributed by atoms with Crippen molar-refractivity contribution >= 4 is 10.0 Å². The third-order valence-electron chi connectivity index (χ3n) is 1.65. The molecule has 0 aliphatic heterocycles. The zero-order valence-corrected chi connectivity index (χ0v) is 10.5. The Balaban J connectivity index is 3.97. The van der Waals surface area contributed by atoms with Crippen LogP contribution in [0.4, 0.5) is 0 Å². The summed E-state index contributed by atoms with van der Waals surface area (Å²) in [5.41, 5.74) is 0. The van der Waals surface area contributed by atoms with Gasteiger partial charge in [0.1, 0.15) is 0 Å². The normalized spacial score (nSPS) is 12.3. The Labute approximate surface area is 92.2 Å². The van der Waals surface area contributed by atoms with Crippen LogP contribution in [-0.2, 0) is 19.5 Å². The minimum absolute atomic E-state index is 0.137. The summed E-state index contributed by atoms with van der Waals surface area (Å²) in [4.78, 5) is 0. The van der Waals surface area contributed by atoms with Crippen molar-refractivity contribution in [2.45, 2.75) is 33.5 Å². The molecule has 15 heavy (non-hydrogen) atoms. The Kier molecular flexibility index (Phi) is 7.95. The van der Waals surface area contributed by atoms with E-state index in [2.05, 4.69) is 4.72 Å². The SMILES string of the molecule is CCCS(=O)(=O)NCC(OCC)OCC. The van der Waals surface area contributed by atoms with E-state index >= 15 is 0 Å². The van der Waals surface area contributed by atoms with Crippen LogP contribution in [0.2, 0.25) is 0 Å². The molecule has 0 fully saturated rings. The van der Waals surface area contributed by atoms with Crippen LogP contribution in [0.15, 0.2) is 0 Å². The second kappa shape index (κ2) is 8.04. The van der Waals surface area contributed by atoms with Crippen molar-refractivity contribution in [3.8, 4) is 0 Å². The first-order chi connectivity index (χ1) is 7.05. The smallest absolute Gasteiger partial charge is 0.211 e. The molecule has 0 atom stereocenters. The minimum Gasteiger partial charge on any atom is -0.352 e. The Morgan fingerprint density at radius 3 is 2.07 bits per heavy atom. The van der Waals surface area contributed by atoms with E-state index in [9.17, 15) is 8.42 Å². The minimum atomic E-state index is -3.17. The fraction of sp³-hybridized carbons (Fsp3) is 1.00. The topological polar surface area (TPSA) is 64.6 Å². The van der Waals surface area contributed by atoms with Gasteiger partial charge in [0.15, 0.2) is 6.29 Å². The van der Waals surface area contributed by atoms with Gasteiger partial charge in [-0.2, -0.15) is 0 Å². The van der Waals surface area contributed by atoms with Gasteiger partial charge in [-0.1, -0.05) is 6.92 Å². The molecule has 0 amide bonds. The molecule has 0 spiro atoms. The van der Waals surface area contributed by atoms with Gasteiger partial charge in [0.25, 0.3) is 0 Å². The maximum Gasteiger partial charge on any atom is 0.211 e. The molecule has 0 heterocycles. The number of hydrogen-bond acceptors (Lipinski definition) is 4. The molecule has 6 heteroatoms. The Morgan fingerprint density at radius 2 is 1.67 bits per heavy atom. The molecule has 0 aliphatic rings. The van der Waals surface area contributed by atoms with Gasteiger partial charge in [-0.05, 0) is 20.3 Å². The van der Waals surface area contributed by atoms with Gasteiger partial charge in [0.05, 0.1) is 12.3 Å². The Hall–Kier alpha value is -0.170. The van der Waals surface area contributed by atoms with Gasteiger partial charge in [-0.3, -0.25) is 0 Å². The van der Waals surface area contributed by atoms with Crippen LogP contribution in [0, 0.1) is 0 Å². The second-order valence-electron chi connectivity index (χ2n) is 3.01. The molecule has 0 aliphatic carbocycles. The number of hydrogen-bond donors (Lipinski definition) is 1. The van der Waals surface area contributed by atoms with E-state index in [0.29, 0.717) is 19.6 Å². The lowest BCUT2D eigenvalue weighted by atomic mass is 10.6. The number of rotatable bonds is 9. The first-order valence-corrected chi connectivity index (χ1v) is 6.91. The van der Waals surface area contributed by atoms with Gasteiger partial charge in [0.2, 0.25) is 10.0 Å². The van der Waals surface area contributed by atoms with E-state index in [1.807, 2.05) is 20.8 Å². The van der Waals surface area contributed by atoms with E-state index in [1.54, 1.807) is 0 Å². The summed E-state index contributed by atoms with van der Waals surface area (Å²) in [6.07, 6.45) is 0.107. The molecule has 0 rings (SSSR count). The zero-order chi connectivity index (χ0) is 11.7. The van der Waals surface area contributed by atoms with Gasteiger partial charge in [0, 0.05) is 13.2 Å². The third kappa shape index (κ3) is 7.72. The third-order valence-corrected chi connectivity index (χ3v) is 3.20. The molecule has 0 radical (unpaired) electrons. The molecule has 0 saturated heterocycles. The van der Waals surface area contributed by atoms with Crippen LogP contribution in [0.25, 0.3) is 0 Å². The van der Waals surface area contributed by atoms with Gasteiger partial charge in [-0.25, -0.2) is 13.1 Å². The highest BCUT2D eigenvalue weighted by molar-refractivity contribution is 7.89. The standard InChI is InChI=1S/C9H21NO4S/c1-4-7-15(11,12)10-8-9(13-5-2)14-6-3/h9-10H,4-8H2,1-3H3. The van der Waals surface area contributed by atoms with Crippen molar-refractivity contribution in [1.82, 2.24) is 4.72 Å². The predicted molar refractivity (Wildman–Crippen MR) is 59.1 cm³/mol. The summed E-state index contributed by atoms with van der Waals surface area (Å²) < 4.78 is 35.5. The molecule has 0 saturated carbocycles. The van der Waals surface area contributed by atoms with Crippen LogP contribution >= 0.6 is 0 Å². The number of sulfonamides is 1. The lowest BCUT2D eigenvalue weighted by Crippen LogP contribution is -2.36. The van der Waals surface area contributed by atoms with Gasteiger partial charge < -0.3 is 9.47 Å². The van der Waals surface area contributed by atoms with Crippen molar-refractivity contribution in [2.24, 2.45) is 0 Å². The highest BCUT2D eigenvalue weighted by Crippen LogP contribution is 1.96. The molecule has 0 unspecified atom stereocenters. The summed E-state index contributed by atoms with van der Waals surface area (Å²) in [5.74, 6) is 0.137. The maximum atomic E-state index is 11.3. The van der Waals surface area contributed by atoms with Crippen molar-refractivity contribution in [1.29, 1.82) is 0 Å². The fourth-order valence-corrected chi connectivity index (χ4v) is 2.15. The fourth-order valence-electron chi connectivity index (χ4n) is 1.07. The molecule has 0 aromatic rings. The molecule has 5 nitrogen and oxygen atoms in total. The molecular formula is C9H21NO4S. The van der Waals surface area contributed by atoms with E-state index in [-0.39, 0.29) is 12.3 Å². The molecule has 0 bridgehead atoms. The van der Waals surface area contributed by atoms with Crippen LogP contribution in [0.3, 0.4) is 0 Å². The van der Waals surface area contributed by atoms with Crippen LogP contribution in [0.5, 0.6) is 0 Å². The quantitative estimate of drug-likeness (QED) is 0.602. The number of nitrogens with one attached hydrogen (secondary N) is 1. The zero-order valence-electron chi connectivity index (χ0n) is 9.65. The average molecular weight is 239 g/mol. The second-order valence-corrected chi connectivity index (χ2v) is 4.93.